The van der Waals surface area contributed by atoms with Gasteiger partial charge in [-0.1, -0.05) is 23.5 Å². The van der Waals surface area contributed by atoms with Crippen molar-refractivity contribution in [2.75, 3.05) is 19.5 Å². The van der Waals surface area contributed by atoms with Gasteiger partial charge in [-0.25, -0.2) is 9.78 Å². The Hall–Kier alpha value is -2.08. The molecule has 1 aromatic carbocycles. The van der Waals surface area contributed by atoms with Crippen LogP contribution < -0.4 is 10.1 Å². The van der Waals surface area contributed by atoms with Crippen molar-refractivity contribution < 1.29 is 14.6 Å². The molecule has 2 rings (SSSR count). The number of anilines is 1. The second kappa shape index (κ2) is 5.05. The van der Waals surface area contributed by atoms with Crippen molar-refractivity contribution in [2.45, 2.75) is 0 Å². The lowest BCUT2D eigenvalue weighted by molar-refractivity contribution is 0.0692. The van der Waals surface area contributed by atoms with Crippen LogP contribution >= 0.6 is 11.3 Å². The molecule has 0 spiro atoms. The van der Waals surface area contributed by atoms with Crippen LogP contribution in [0.2, 0.25) is 0 Å². The van der Waals surface area contributed by atoms with Crippen LogP contribution in [0.1, 0.15) is 10.5 Å². The number of aromatic nitrogens is 1. The Bertz CT molecular complexity index is 580. The Labute approximate surface area is 108 Å². The second-order valence-electron chi connectivity index (χ2n) is 3.48. The Balaban J connectivity index is 2.54. The van der Waals surface area contributed by atoms with Crippen molar-refractivity contribution in [3.8, 4) is 16.2 Å². The largest absolute Gasteiger partial charge is 0.497 e. The first-order valence-electron chi connectivity index (χ1n) is 5.22. The van der Waals surface area contributed by atoms with Gasteiger partial charge >= 0.3 is 5.97 Å². The predicted molar refractivity (Wildman–Crippen MR) is 70.6 cm³/mol. The van der Waals surface area contributed by atoms with Crippen molar-refractivity contribution in [3.63, 3.8) is 0 Å². The highest BCUT2D eigenvalue weighted by Crippen LogP contribution is 2.34. The van der Waals surface area contributed by atoms with Gasteiger partial charge in [0, 0.05) is 7.05 Å². The van der Waals surface area contributed by atoms with Crippen molar-refractivity contribution in [1.29, 1.82) is 0 Å². The molecule has 0 aliphatic carbocycles. The molecule has 0 atom stereocenters. The molecule has 6 heteroatoms. The van der Waals surface area contributed by atoms with E-state index in [0.717, 1.165) is 5.56 Å². The van der Waals surface area contributed by atoms with E-state index in [0.29, 0.717) is 15.8 Å². The summed E-state index contributed by atoms with van der Waals surface area (Å²) in [4.78, 5) is 15.8. The number of thiazole rings is 1. The van der Waals surface area contributed by atoms with Crippen LogP contribution in [0.5, 0.6) is 5.75 Å². The molecule has 0 bridgehead atoms. The zero-order valence-electron chi connectivity index (χ0n) is 9.93. The molecule has 0 aliphatic heterocycles. The maximum atomic E-state index is 11.2. The molecule has 2 N–H and O–H groups in total. The monoisotopic (exact) mass is 264 g/mol. The van der Waals surface area contributed by atoms with Crippen LogP contribution in [-0.4, -0.2) is 30.2 Å². The quantitative estimate of drug-likeness (QED) is 0.888. The molecule has 0 amide bonds. The Kier molecular flexibility index (Phi) is 3.47. The number of rotatable bonds is 4. The molecule has 0 aliphatic rings. The van der Waals surface area contributed by atoms with E-state index in [9.17, 15) is 4.79 Å². The first kappa shape index (κ1) is 12.4. The summed E-state index contributed by atoms with van der Waals surface area (Å²) in [5.41, 5.74) is 0.836. The topological polar surface area (TPSA) is 71.5 Å². The molecular weight excluding hydrogens is 252 g/mol. The van der Waals surface area contributed by atoms with E-state index in [1.165, 1.54) is 11.3 Å². The summed E-state index contributed by atoms with van der Waals surface area (Å²) in [7, 11) is 3.28. The van der Waals surface area contributed by atoms with Gasteiger partial charge < -0.3 is 15.2 Å². The van der Waals surface area contributed by atoms with Crippen LogP contribution in [0.3, 0.4) is 0 Å². The van der Waals surface area contributed by atoms with Crippen molar-refractivity contribution in [1.82, 2.24) is 4.98 Å². The molecule has 0 saturated heterocycles. The van der Waals surface area contributed by atoms with E-state index in [1.807, 2.05) is 18.2 Å². The summed E-state index contributed by atoms with van der Waals surface area (Å²) < 4.78 is 5.13. The van der Waals surface area contributed by atoms with Crippen molar-refractivity contribution in [2.24, 2.45) is 0 Å². The lowest BCUT2D eigenvalue weighted by Crippen LogP contribution is -1.99. The fraction of sp³-hybridized carbons (Fsp3) is 0.167. The summed E-state index contributed by atoms with van der Waals surface area (Å²) >= 11 is 1.30. The minimum absolute atomic E-state index is 0.0533. The molecular formula is C12H12N2O3S. The predicted octanol–water partition coefficient (Wildman–Crippen LogP) is 2.56. The van der Waals surface area contributed by atoms with Gasteiger partial charge in [0.25, 0.3) is 0 Å². The number of carbonyl (C=O) groups is 1. The summed E-state index contributed by atoms with van der Waals surface area (Å²) in [5.74, 6) is -0.353. The minimum atomic E-state index is -1.04. The number of carboxylic acids is 1. The average Bonchev–Trinajstić information content (AvgIpc) is 2.83. The number of benzene rings is 1. The normalized spacial score (nSPS) is 10.1. The molecule has 0 radical (unpaired) electrons. The van der Waals surface area contributed by atoms with E-state index in [-0.39, 0.29) is 5.69 Å². The first-order chi connectivity index (χ1) is 8.65. The van der Waals surface area contributed by atoms with Gasteiger partial charge in [-0.15, -0.1) is 0 Å². The number of aromatic carboxylic acids is 1. The van der Waals surface area contributed by atoms with Gasteiger partial charge in [-0.2, -0.15) is 0 Å². The molecule has 18 heavy (non-hydrogen) atoms. The average molecular weight is 264 g/mol. The third-order valence-corrected chi connectivity index (χ3v) is 3.50. The maximum Gasteiger partial charge on any atom is 0.356 e. The Morgan fingerprint density at radius 1 is 1.50 bits per heavy atom. The van der Waals surface area contributed by atoms with Crippen LogP contribution in [0.25, 0.3) is 10.4 Å². The summed E-state index contributed by atoms with van der Waals surface area (Å²) in [6.45, 7) is 0. The van der Waals surface area contributed by atoms with Crippen LogP contribution in [-0.2, 0) is 0 Å². The van der Waals surface area contributed by atoms with Crippen molar-refractivity contribution >= 4 is 22.4 Å². The maximum absolute atomic E-state index is 11.2. The number of ether oxygens (including phenoxy) is 1. The van der Waals surface area contributed by atoms with Gasteiger partial charge in [-0.3, -0.25) is 0 Å². The molecule has 1 heterocycles. The highest BCUT2D eigenvalue weighted by molar-refractivity contribution is 7.19. The lowest BCUT2D eigenvalue weighted by atomic mass is 10.1. The van der Waals surface area contributed by atoms with E-state index in [2.05, 4.69) is 10.3 Å². The number of nitrogens with zero attached hydrogens (tertiary/aromatic N) is 1. The zero-order valence-corrected chi connectivity index (χ0v) is 10.7. The fourth-order valence-corrected chi connectivity index (χ4v) is 2.44. The molecule has 2 aromatic rings. The number of hydrogen-bond acceptors (Lipinski definition) is 5. The van der Waals surface area contributed by atoms with E-state index < -0.39 is 5.97 Å². The lowest BCUT2D eigenvalue weighted by Gasteiger charge is -2.02. The number of carboxylic acid groups (broad SMARTS) is 1. The Morgan fingerprint density at radius 3 is 2.89 bits per heavy atom. The standard InChI is InChI=1S/C12H12N2O3S/c1-13-12-14-9(11(15)16)10(18-12)7-4-3-5-8(6-7)17-2/h3-6H,1-2H3,(H,13,14)(H,15,16). The molecule has 5 nitrogen and oxygen atoms in total. The SMILES string of the molecule is CNc1nc(C(=O)O)c(-c2cccc(OC)c2)s1. The molecule has 94 valence electrons. The first-order valence-corrected chi connectivity index (χ1v) is 6.03. The molecule has 0 saturated carbocycles. The van der Waals surface area contributed by atoms with Crippen LogP contribution in [0, 0.1) is 0 Å². The van der Waals surface area contributed by atoms with Gasteiger partial charge in [0.05, 0.1) is 12.0 Å². The Morgan fingerprint density at radius 2 is 2.28 bits per heavy atom. The summed E-state index contributed by atoms with van der Waals surface area (Å²) in [5, 5.41) is 12.6. The smallest absolute Gasteiger partial charge is 0.356 e. The molecule has 0 fully saturated rings. The van der Waals surface area contributed by atoms with E-state index >= 15 is 0 Å². The highest BCUT2D eigenvalue weighted by atomic mass is 32.1. The third kappa shape index (κ3) is 2.28. The second-order valence-corrected chi connectivity index (χ2v) is 4.48. The van der Waals surface area contributed by atoms with Crippen LogP contribution in [0.4, 0.5) is 5.13 Å². The highest BCUT2D eigenvalue weighted by Gasteiger charge is 2.18. The van der Waals surface area contributed by atoms with Crippen molar-refractivity contribution in [3.05, 3.63) is 30.0 Å². The van der Waals surface area contributed by atoms with Crippen LogP contribution in [0.15, 0.2) is 24.3 Å². The number of hydrogen-bond donors (Lipinski definition) is 2. The summed E-state index contributed by atoms with van der Waals surface area (Å²) in [6.07, 6.45) is 0. The zero-order chi connectivity index (χ0) is 13.1. The van der Waals surface area contributed by atoms with E-state index in [4.69, 9.17) is 9.84 Å². The fourth-order valence-electron chi connectivity index (χ4n) is 1.53. The van der Waals surface area contributed by atoms with E-state index in [1.54, 1.807) is 20.2 Å². The minimum Gasteiger partial charge on any atom is -0.497 e. The number of methoxy groups -OCH3 is 1. The number of nitrogens with one attached hydrogen (secondary N) is 1. The summed E-state index contributed by atoms with van der Waals surface area (Å²) in [6, 6.07) is 7.25. The molecule has 0 unspecified atom stereocenters. The van der Waals surface area contributed by atoms with Gasteiger partial charge in [0.15, 0.2) is 10.8 Å². The van der Waals surface area contributed by atoms with Gasteiger partial charge in [0.1, 0.15) is 5.75 Å². The van der Waals surface area contributed by atoms with Gasteiger partial charge in [0.2, 0.25) is 0 Å². The molecule has 1 aromatic heterocycles. The van der Waals surface area contributed by atoms with Gasteiger partial charge in [-0.05, 0) is 17.7 Å². The third-order valence-electron chi connectivity index (χ3n) is 2.38.